The van der Waals surface area contributed by atoms with Gasteiger partial charge in [0.15, 0.2) is 0 Å². The van der Waals surface area contributed by atoms with Crippen molar-refractivity contribution in [2.24, 2.45) is 0 Å². The van der Waals surface area contributed by atoms with Crippen molar-refractivity contribution < 1.29 is 13.2 Å². The van der Waals surface area contributed by atoms with Crippen molar-refractivity contribution in [1.29, 1.82) is 0 Å². The zero-order valence-electron chi connectivity index (χ0n) is 10.8. The normalized spacial score (nSPS) is 13.8. The molecule has 1 unspecified atom stereocenters. The third-order valence-electron chi connectivity index (χ3n) is 2.88. The second kappa shape index (κ2) is 6.52. The summed E-state index contributed by atoms with van der Waals surface area (Å²) in [6.07, 6.45) is 0. The predicted octanol–water partition coefficient (Wildman–Crippen LogP) is 2.31. The van der Waals surface area contributed by atoms with Crippen LogP contribution < -0.4 is 0 Å². The SMILES string of the molecule is COCCS(=O)(=O)N(C)C(C)c1ccc(Cl)cc1. The van der Waals surface area contributed by atoms with Crippen molar-refractivity contribution >= 4 is 21.6 Å². The average Bonchev–Trinajstić information content (AvgIpc) is 2.35. The van der Waals surface area contributed by atoms with E-state index in [0.717, 1.165) is 5.56 Å². The van der Waals surface area contributed by atoms with Crippen LogP contribution in [0.4, 0.5) is 0 Å². The van der Waals surface area contributed by atoms with Crippen LogP contribution in [0.5, 0.6) is 0 Å². The molecule has 1 atom stereocenters. The molecule has 0 saturated heterocycles. The van der Waals surface area contributed by atoms with Gasteiger partial charge in [-0.25, -0.2) is 8.42 Å². The first-order valence-electron chi connectivity index (χ1n) is 5.58. The molecule has 102 valence electrons. The Balaban J connectivity index is 2.83. The minimum absolute atomic E-state index is 0.0159. The summed E-state index contributed by atoms with van der Waals surface area (Å²) in [5.74, 6) is -0.0159. The summed E-state index contributed by atoms with van der Waals surface area (Å²) < 4.78 is 30.1. The Hall–Kier alpha value is -0.620. The molecule has 0 amide bonds. The van der Waals surface area contributed by atoms with Gasteiger partial charge in [-0.2, -0.15) is 4.31 Å². The maximum atomic E-state index is 12.0. The van der Waals surface area contributed by atoms with Gasteiger partial charge in [-0.05, 0) is 24.6 Å². The van der Waals surface area contributed by atoms with Crippen LogP contribution in [0.25, 0.3) is 0 Å². The van der Waals surface area contributed by atoms with Gasteiger partial charge in [0, 0.05) is 25.2 Å². The zero-order valence-corrected chi connectivity index (χ0v) is 12.3. The van der Waals surface area contributed by atoms with Gasteiger partial charge in [0.25, 0.3) is 0 Å². The number of methoxy groups -OCH3 is 1. The van der Waals surface area contributed by atoms with E-state index < -0.39 is 10.0 Å². The summed E-state index contributed by atoms with van der Waals surface area (Å²) in [7, 11) is -0.247. The fourth-order valence-corrected chi connectivity index (χ4v) is 2.92. The van der Waals surface area contributed by atoms with Crippen molar-refractivity contribution in [2.45, 2.75) is 13.0 Å². The molecule has 0 aliphatic rings. The van der Waals surface area contributed by atoms with Crippen LogP contribution in [0, 0.1) is 0 Å². The van der Waals surface area contributed by atoms with E-state index in [9.17, 15) is 8.42 Å². The number of sulfonamides is 1. The smallest absolute Gasteiger partial charge is 0.216 e. The number of ether oxygens (including phenoxy) is 1. The van der Waals surface area contributed by atoms with Crippen LogP contribution in [-0.4, -0.2) is 39.2 Å². The first-order valence-corrected chi connectivity index (χ1v) is 7.57. The van der Waals surface area contributed by atoms with Gasteiger partial charge in [0.05, 0.1) is 12.4 Å². The van der Waals surface area contributed by atoms with E-state index >= 15 is 0 Å². The van der Waals surface area contributed by atoms with Crippen LogP contribution >= 0.6 is 11.6 Å². The molecule has 0 heterocycles. The molecule has 0 bridgehead atoms. The summed E-state index contributed by atoms with van der Waals surface area (Å²) in [5.41, 5.74) is 0.905. The van der Waals surface area contributed by atoms with Crippen molar-refractivity contribution in [2.75, 3.05) is 26.5 Å². The Morgan fingerprint density at radius 1 is 1.33 bits per heavy atom. The van der Waals surface area contributed by atoms with Gasteiger partial charge in [-0.3, -0.25) is 0 Å². The van der Waals surface area contributed by atoms with Gasteiger partial charge >= 0.3 is 0 Å². The molecule has 0 fully saturated rings. The Kier molecular flexibility index (Phi) is 5.59. The summed E-state index contributed by atoms with van der Waals surface area (Å²) in [6.45, 7) is 2.04. The summed E-state index contributed by atoms with van der Waals surface area (Å²) in [6, 6.07) is 6.93. The van der Waals surface area contributed by atoms with Crippen molar-refractivity contribution in [3.63, 3.8) is 0 Å². The van der Waals surface area contributed by atoms with E-state index in [1.165, 1.54) is 11.4 Å². The van der Waals surface area contributed by atoms with Gasteiger partial charge in [-0.15, -0.1) is 0 Å². The predicted molar refractivity (Wildman–Crippen MR) is 73.3 cm³/mol. The standard InChI is InChI=1S/C12H18ClNO3S/c1-10(11-4-6-12(13)7-5-11)14(2)18(15,16)9-8-17-3/h4-7,10H,8-9H2,1-3H3. The fraction of sp³-hybridized carbons (Fsp3) is 0.500. The molecule has 4 nitrogen and oxygen atoms in total. The molecule has 0 aliphatic heterocycles. The molecule has 0 aromatic heterocycles. The Morgan fingerprint density at radius 2 is 1.89 bits per heavy atom. The second-order valence-corrected chi connectivity index (χ2v) is 6.64. The molecule has 1 aromatic rings. The van der Waals surface area contributed by atoms with E-state index in [4.69, 9.17) is 16.3 Å². The van der Waals surface area contributed by atoms with E-state index in [1.807, 2.05) is 19.1 Å². The highest BCUT2D eigenvalue weighted by molar-refractivity contribution is 7.89. The highest BCUT2D eigenvalue weighted by Crippen LogP contribution is 2.23. The van der Waals surface area contributed by atoms with E-state index in [1.54, 1.807) is 19.2 Å². The van der Waals surface area contributed by atoms with Crippen molar-refractivity contribution in [3.05, 3.63) is 34.9 Å². The number of hydrogen-bond acceptors (Lipinski definition) is 3. The quantitative estimate of drug-likeness (QED) is 0.808. The molecular formula is C12H18ClNO3S. The van der Waals surface area contributed by atoms with Crippen LogP contribution in [0.15, 0.2) is 24.3 Å². The first-order chi connectivity index (χ1) is 8.38. The number of rotatable bonds is 6. The molecule has 0 N–H and O–H groups in total. The van der Waals surface area contributed by atoms with Crippen LogP contribution in [0.2, 0.25) is 5.02 Å². The van der Waals surface area contributed by atoms with E-state index in [0.29, 0.717) is 5.02 Å². The lowest BCUT2D eigenvalue weighted by atomic mass is 10.1. The third-order valence-corrected chi connectivity index (χ3v) is 5.01. The number of halogens is 1. The number of benzene rings is 1. The van der Waals surface area contributed by atoms with Crippen LogP contribution in [0.3, 0.4) is 0 Å². The average molecular weight is 292 g/mol. The van der Waals surface area contributed by atoms with E-state index in [2.05, 4.69) is 0 Å². The summed E-state index contributed by atoms with van der Waals surface area (Å²) >= 11 is 5.81. The highest BCUT2D eigenvalue weighted by Gasteiger charge is 2.23. The highest BCUT2D eigenvalue weighted by atomic mass is 35.5. The van der Waals surface area contributed by atoms with Crippen LogP contribution in [0.1, 0.15) is 18.5 Å². The molecule has 1 rings (SSSR count). The molecule has 0 radical (unpaired) electrons. The Labute approximate surface area is 114 Å². The maximum Gasteiger partial charge on any atom is 0.216 e. The lowest BCUT2D eigenvalue weighted by molar-refractivity contribution is 0.215. The topological polar surface area (TPSA) is 46.6 Å². The van der Waals surface area contributed by atoms with Crippen molar-refractivity contribution in [3.8, 4) is 0 Å². The molecular weight excluding hydrogens is 274 g/mol. The number of hydrogen-bond donors (Lipinski definition) is 0. The molecule has 0 spiro atoms. The van der Waals surface area contributed by atoms with Gasteiger partial charge in [-0.1, -0.05) is 23.7 Å². The van der Waals surface area contributed by atoms with Crippen LogP contribution in [-0.2, 0) is 14.8 Å². The number of nitrogens with zero attached hydrogens (tertiary/aromatic N) is 1. The maximum absolute atomic E-state index is 12.0. The summed E-state index contributed by atoms with van der Waals surface area (Å²) in [4.78, 5) is 0. The molecule has 0 aliphatic carbocycles. The fourth-order valence-electron chi connectivity index (χ4n) is 1.52. The summed E-state index contributed by atoms with van der Waals surface area (Å²) in [5, 5.41) is 0.635. The molecule has 0 saturated carbocycles. The largest absolute Gasteiger partial charge is 0.384 e. The lowest BCUT2D eigenvalue weighted by Gasteiger charge is -2.24. The Morgan fingerprint density at radius 3 is 2.39 bits per heavy atom. The van der Waals surface area contributed by atoms with E-state index in [-0.39, 0.29) is 18.4 Å². The minimum Gasteiger partial charge on any atom is -0.384 e. The second-order valence-electron chi connectivity index (χ2n) is 4.05. The van der Waals surface area contributed by atoms with Crippen molar-refractivity contribution in [1.82, 2.24) is 4.31 Å². The van der Waals surface area contributed by atoms with Gasteiger partial charge in [0.1, 0.15) is 0 Å². The molecule has 1 aromatic carbocycles. The Bertz CT molecular complexity index is 473. The molecule has 6 heteroatoms. The third kappa shape index (κ3) is 3.95. The molecule has 18 heavy (non-hydrogen) atoms. The first kappa shape index (κ1) is 15.4. The lowest BCUT2D eigenvalue weighted by Crippen LogP contribution is -2.33. The zero-order chi connectivity index (χ0) is 13.8. The minimum atomic E-state index is -3.30. The van der Waals surface area contributed by atoms with Gasteiger partial charge < -0.3 is 4.74 Å². The van der Waals surface area contributed by atoms with Gasteiger partial charge in [0.2, 0.25) is 10.0 Å². The monoisotopic (exact) mass is 291 g/mol.